The molecule has 3 aliphatic heterocycles. The van der Waals surface area contributed by atoms with E-state index in [0.717, 1.165) is 26.2 Å². The van der Waals surface area contributed by atoms with Gasteiger partial charge in [-0.2, -0.15) is 0 Å². The summed E-state index contributed by atoms with van der Waals surface area (Å²) in [5.41, 5.74) is 2.99. The Morgan fingerprint density at radius 2 is 1.89 bits per heavy atom. The molecule has 0 aliphatic carbocycles. The van der Waals surface area contributed by atoms with Crippen LogP contribution in [-0.4, -0.2) is 36.7 Å². The molecule has 0 spiro atoms. The Balaban J connectivity index is 1.62. The molecule has 0 aromatic heterocycles. The van der Waals surface area contributed by atoms with E-state index in [0.29, 0.717) is 18.2 Å². The second kappa shape index (κ2) is 4.34. The maximum absolute atomic E-state index is 5.94. The van der Waals surface area contributed by atoms with Crippen LogP contribution in [-0.2, 0) is 11.3 Å². The van der Waals surface area contributed by atoms with Crippen LogP contribution < -0.4 is 5.32 Å². The maximum atomic E-state index is 5.94. The number of hydrogen-bond donors (Lipinski definition) is 1. The third-order valence-corrected chi connectivity index (χ3v) is 4.58. The lowest BCUT2D eigenvalue weighted by Gasteiger charge is -2.40. The maximum Gasteiger partial charge on any atom is 0.0707 e. The highest BCUT2D eigenvalue weighted by molar-refractivity contribution is 5.32. The third kappa shape index (κ3) is 1.78. The van der Waals surface area contributed by atoms with Crippen LogP contribution in [0, 0.1) is 0 Å². The van der Waals surface area contributed by atoms with E-state index in [9.17, 15) is 0 Å². The molecule has 2 saturated heterocycles. The molecular formula is C15H20N2O. The molecule has 3 atom stereocenters. The average molecular weight is 244 g/mol. The first-order valence-corrected chi connectivity index (χ1v) is 7.08. The lowest BCUT2D eigenvalue weighted by Crippen LogP contribution is -2.48. The van der Waals surface area contributed by atoms with Crippen LogP contribution in [0.3, 0.4) is 0 Å². The van der Waals surface area contributed by atoms with E-state index in [2.05, 4.69) is 34.5 Å². The fraction of sp³-hybridized carbons (Fsp3) is 0.600. The van der Waals surface area contributed by atoms with Gasteiger partial charge < -0.3 is 10.1 Å². The van der Waals surface area contributed by atoms with Crippen molar-refractivity contribution in [2.24, 2.45) is 0 Å². The first-order valence-electron chi connectivity index (χ1n) is 7.08. The van der Waals surface area contributed by atoms with Gasteiger partial charge in [0.25, 0.3) is 0 Å². The average Bonchev–Trinajstić information content (AvgIpc) is 2.77. The second-order valence-electron chi connectivity index (χ2n) is 5.76. The number of nitrogens with zero attached hydrogens (tertiary/aromatic N) is 1. The number of fused-ring (bicyclic) bond motifs is 3. The lowest BCUT2D eigenvalue weighted by atomic mass is 9.95. The van der Waals surface area contributed by atoms with Crippen molar-refractivity contribution in [1.29, 1.82) is 0 Å². The number of nitrogens with one attached hydrogen (secondary N) is 1. The first-order chi connectivity index (χ1) is 8.90. The van der Waals surface area contributed by atoms with Gasteiger partial charge in [0.15, 0.2) is 0 Å². The van der Waals surface area contributed by atoms with Crippen molar-refractivity contribution in [2.45, 2.75) is 37.6 Å². The highest BCUT2D eigenvalue weighted by Gasteiger charge is 2.37. The molecule has 3 heteroatoms. The zero-order chi connectivity index (χ0) is 11.9. The number of likely N-dealkylation sites (tertiary alicyclic amines) is 1. The highest BCUT2D eigenvalue weighted by Crippen LogP contribution is 2.34. The van der Waals surface area contributed by atoms with Gasteiger partial charge in [0, 0.05) is 32.2 Å². The molecule has 2 fully saturated rings. The van der Waals surface area contributed by atoms with E-state index in [1.165, 1.54) is 24.0 Å². The van der Waals surface area contributed by atoms with Crippen molar-refractivity contribution >= 4 is 0 Å². The summed E-state index contributed by atoms with van der Waals surface area (Å²) in [7, 11) is 0. The predicted molar refractivity (Wildman–Crippen MR) is 70.4 cm³/mol. The van der Waals surface area contributed by atoms with Gasteiger partial charge >= 0.3 is 0 Å². The SMILES string of the molecule is c1ccc2c(c1)CNCC2N1CC2CCC(C1)O2. The van der Waals surface area contributed by atoms with E-state index < -0.39 is 0 Å². The Hall–Kier alpha value is -0.900. The van der Waals surface area contributed by atoms with Gasteiger partial charge in [-0.1, -0.05) is 24.3 Å². The Labute approximate surface area is 108 Å². The molecule has 0 saturated carbocycles. The number of hydrogen-bond acceptors (Lipinski definition) is 3. The zero-order valence-corrected chi connectivity index (χ0v) is 10.6. The summed E-state index contributed by atoms with van der Waals surface area (Å²) in [6.07, 6.45) is 3.47. The molecule has 1 N–H and O–H groups in total. The second-order valence-corrected chi connectivity index (χ2v) is 5.76. The van der Waals surface area contributed by atoms with Crippen molar-refractivity contribution in [2.75, 3.05) is 19.6 Å². The van der Waals surface area contributed by atoms with Crippen molar-refractivity contribution in [3.63, 3.8) is 0 Å². The van der Waals surface area contributed by atoms with E-state index >= 15 is 0 Å². The standard InChI is InChI=1S/C15H20N2O/c1-2-4-14-11(3-1)7-16-8-15(14)17-9-12-5-6-13(10-17)18-12/h1-4,12-13,15-16H,5-10H2. The van der Waals surface area contributed by atoms with Gasteiger partial charge in [0.05, 0.1) is 12.2 Å². The number of morpholine rings is 1. The molecule has 3 aliphatic rings. The summed E-state index contributed by atoms with van der Waals surface area (Å²) in [5, 5.41) is 3.56. The minimum atomic E-state index is 0.484. The van der Waals surface area contributed by atoms with Gasteiger partial charge in [-0.3, -0.25) is 4.90 Å². The van der Waals surface area contributed by atoms with Crippen molar-refractivity contribution in [3.8, 4) is 0 Å². The van der Waals surface area contributed by atoms with Gasteiger partial charge in [-0.25, -0.2) is 0 Å². The predicted octanol–water partition coefficient (Wildman–Crippen LogP) is 1.69. The smallest absolute Gasteiger partial charge is 0.0707 e. The van der Waals surface area contributed by atoms with E-state index in [-0.39, 0.29) is 0 Å². The summed E-state index contributed by atoms with van der Waals surface area (Å²) >= 11 is 0. The molecule has 3 heterocycles. The van der Waals surface area contributed by atoms with Gasteiger partial charge in [0.1, 0.15) is 0 Å². The molecule has 2 bridgehead atoms. The zero-order valence-electron chi connectivity index (χ0n) is 10.6. The largest absolute Gasteiger partial charge is 0.372 e. The number of ether oxygens (including phenoxy) is 1. The molecule has 4 rings (SSSR count). The monoisotopic (exact) mass is 244 g/mol. The topological polar surface area (TPSA) is 24.5 Å². The Bertz CT molecular complexity index is 436. The minimum Gasteiger partial charge on any atom is -0.372 e. The molecule has 1 aromatic rings. The molecular weight excluding hydrogens is 224 g/mol. The summed E-state index contributed by atoms with van der Waals surface area (Å²) in [6, 6.07) is 9.42. The summed E-state index contributed by atoms with van der Waals surface area (Å²) < 4.78 is 5.94. The van der Waals surface area contributed by atoms with E-state index in [1.807, 2.05) is 0 Å². The van der Waals surface area contributed by atoms with E-state index in [4.69, 9.17) is 4.74 Å². The Morgan fingerprint density at radius 3 is 2.72 bits per heavy atom. The molecule has 1 aromatic carbocycles. The van der Waals surface area contributed by atoms with Gasteiger partial charge in [-0.15, -0.1) is 0 Å². The summed E-state index contributed by atoms with van der Waals surface area (Å²) in [5.74, 6) is 0. The summed E-state index contributed by atoms with van der Waals surface area (Å²) in [6.45, 7) is 4.31. The molecule has 18 heavy (non-hydrogen) atoms. The van der Waals surface area contributed by atoms with Crippen LogP contribution in [0.4, 0.5) is 0 Å². The van der Waals surface area contributed by atoms with Crippen LogP contribution in [0.2, 0.25) is 0 Å². The fourth-order valence-corrected chi connectivity index (χ4v) is 3.70. The fourth-order valence-electron chi connectivity index (χ4n) is 3.70. The molecule has 3 nitrogen and oxygen atoms in total. The van der Waals surface area contributed by atoms with Crippen LogP contribution in [0.5, 0.6) is 0 Å². The minimum absolute atomic E-state index is 0.484. The number of rotatable bonds is 1. The van der Waals surface area contributed by atoms with Crippen LogP contribution in [0.15, 0.2) is 24.3 Å². The van der Waals surface area contributed by atoms with Gasteiger partial charge in [-0.05, 0) is 24.0 Å². The summed E-state index contributed by atoms with van der Waals surface area (Å²) in [4.78, 5) is 2.64. The van der Waals surface area contributed by atoms with Crippen LogP contribution >= 0.6 is 0 Å². The van der Waals surface area contributed by atoms with Crippen LogP contribution in [0.1, 0.15) is 30.0 Å². The first kappa shape index (κ1) is 11.0. The van der Waals surface area contributed by atoms with Crippen molar-refractivity contribution in [1.82, 2.24) is 10.2 Å². The molecule has 3 unspecified atom stereocenters. The molecule has 96 valence electrons. The molecule has 0 amide bonds. The van der Waals surface area contributed by atoms with Gasteiger partial charge in [0.2, 0.25) is 0 Å². The van der Waals surface area contributed by atoms with Crippen molar-refractivity contribution in [3.05, 3.63) is 35.4 Å². The lowest BCUT2D eigenvalue weighted by molar-refractivity contribution is -0.0540. The molecule has 0 radical (unpaired) electrons. The van der Waals surface area contributed by atoms with E-state index in [1.54, 1.807) is 0 Å². The number of benzene rings is 1. The Morgan fingerprint density at radius 1 is 1.11 bits per heavy atom. The Kier molecular flexibility index (Phi) is 2.64. The van der Waals surface area contributed by atoms with Crippen molar-refractivity contribution < 1.29 is 4.74 Å². The quantitative estimate of drug-likeness (QED) is 0.813. The third-order valence-electron chi connectivity index (χ3n) is 4.58. The highest BCUT2D eigenvalue weighted by atomic mass is 16.5. The van der Waals surface area contributed by atoms with Crippen LogP contribution in [0.25, 0.3) is 0 Å². The normalized spacial score (nSPS) is 35.4.